The molecule has 0 heterocycles. The smallest absolute Gasteiger partial charge is 0.333 e. The van der Waals surface area contributed by atoms with Gasteiger partial charge in [-0.25, -0.2) is 4.79 Å². The Kier molecular flexibility index (Phi) is 5.84. The summed E-state index contributed by atoms with van der Waals surface area (Å²) in [7, 11) is 0. The lowest BCUT2D eigenvalue weighted by atomic mass is 10.4. The Balaban J connectivity index is 3.87. The number of esters is 1. The normalized spacial score (nSPS) is 16.3. The predicted octanol–water partition coefficient (Wildman–Crippen LogP) is 0.361. The standard InChI is InChI=1S/C9H14O4/c1-3-4-5-6-8(11)13-9(12)7(2)10/h3-7,9-10,12H,1-2H3/b4-3+,6-5+. The van der Waals surface area contributed by atoms with Crippen LogP contribution in [0.2, 0.25) is 0 Å². The minimum atomic E-state index is -1.47. The van der Waals surface area contributed by atoms with E-state index in [9.17, 15) is 4.79 Å². The second-order valence-electron chi connectivity index (χ2n) is 2.45. The highest BCUT2D eigenvalue weighted by atomic mass is 16.6. The van der Waals surface area contributed by atoms with E-state index in [1.165, 1.54) is 13.0 Å². The average molecular weight is 186 g/mol. The van der Waals surface area contributed by atoms with E-state index < -0.39 is 18.4 Å². The number of ether oxygens (including phenoxy) is 1. The van der Waals surface area contributed by atoms with E-state index in [1.807, 2.05) is 0 Å². The van der Waals surface area contributed by atoms with Gasteiger partial charge in [-0.05, 0) is 13.8 Å². The highest BCUT2D eigenvalue weighted by Crippen LogP contribution is 1.95. The van der Waals surface area contributed by atoms with E-state index in [-0.39, 0.29) is 0 Å². The van der Waals surface area contributed by atoms with Crippen LogP contribution < -0.4 is 0 Å². The molecule has 0 rings (SSSR count). The number of hydrogen-bond acceptors (Lipinski definition) is 4. The molecule has 4 nitrogen and oxygen atoms in total. The van der Waals surface area contributed by atoms with Crippen LogP contribution in [0.5, 0.6) is 0 Å². The van der Waals surface area contributed by atoms with Gasteiger partial charge in [0, 0.05) is 6.08 Å². The molecule has 0 aliphatic carbocycles. The lowest BCUT2D eigenvalue weighted by molar-refractivity contribution is -0.178. The number of carbonyl (C=O) groups excluding carboxylic acids is 1. The van der Waals surface area contributed by atoms with Crippen LogP contribution >= 0.6 is 0 Å². The average Bonchev–Trinajstić information content (AvgIpc) is 2.04. The quantitative estimate of drug-likeness (QED) is 0.288. The Morgan fingerprint density at radius 3 is 2.46 bits per heavy atom. The van der Waals surface area contributed by atoms with Crippen molar-refractivity contribution in [1.82, 2.24) is 0 Å². The first-order chi connectivity index (χ1) is 6.07. The highest BCUT2D eigenvalue weighted by molar-refractivity contribution is 5.82. The van der Waals surface area contributed by atoms with Crippen LogP contribution in [0, 0.1) is 0 Å². The van der Waals surface area contributed by atoms with Crippen LogP contribution in [0.3, 0.4) is 0 Å². The molecular formula is C9H14O4. The van der Waals surface area contributed by atoms with Crippen molar-refractivity contribution in [1.29, 1.82) is 0 Å². The summed E-state index contributed by atoms with van der Waals surface area (Å²) in [5, 5.41) is 17.7. The molecule has 0 radical (unpaired) electrons. The molecule has 2 unspecified atom stereocenters. The molecule has 0 spiro atoms. The van der Waals surface area contributed by atoms with Crippen LogP contribution in [0.1, 0.15) is 13.8 Å². The van der Waals surface area contributed by atoms with Gasteiger partial charge in [-0.3, -0.25) is 0 Å². The summed E-state index contributed by atoms with van der Waals surface area (Å²) in [5.74, 6) is -0.688. The number of carbonyl (C=O) groups is 1. The number of rotatable bonds is 4. The minimum Gasteiger partial charge on any atom is -0.430 e. The van der Waals surface area contributed by atoms with Crippen molar-refractivity contribution in [3.05, 3.63) is 24.3 Å². The molecule has 0 bridgehead atoms. The molecular weight excluding hydrogens is 172 g/mol. The summed E-state index contributed by atoms with van der Waals surface area (Å²) in [6, 6.07) is 0. The van der Waals surface area contributed by atoms with E-state index in [2.05, 4.69) is 4.74 Å². The number of aliphatic hydroxyl groups excluding tert-OH is 2. The van der Waals surface area contributed by atoms with Gasteiger partial charge in [-0.2, -0.15) is 0 Å². The molecule has 0 aliphatic rings. The van der Waals surface area contributed by atoms with Gasteiger partial charge in [-0.15, -0.1) is 0 Å². The van der Waals surface area contributed by atoms with Crippen molar-refractivity contribution in [3.8, 4) is 0 Å². The van der Waals surface area contributed by atoms with Crippen molar-refractivity contribution >= 4 is 5.97 Å². The van der Waals surface area contributed by atoms with E-state index in [0.29, 0.717) is 0 Å². The molecule has 13 heavy (non-hydrogen) atoms. The van der Waals surface area contributed by atoms with Gasteiger partial charge in [0.15, 0.2) is 0 Å². The largest absolute Gasteiger partial charge is 0.430 e. The number of aliphatic hydroxyl groups is 2. The molecule has 0 amide bonds. The molecule has 0 aliphatic heterocycles. The maximum Gasteiger partial charge on any atom is 0.333 e. The van der Waals surface area contributed by atoms with Gasteiger partial charge in [0.1, 0.15) is 6.10 Å². The fraction of sp³-hybridized carbons (Fsp3) is 0.444. The maximum absolute atomic E-state index is 10.8. The molecule has 0 aromatic rings. The van der Waals surface area contributed by atoms with E-state index in [0.717, 1.165) is 6.08 Å². The van der Waals surface area contributed by atoms with Crippen molar-refractivity contribution in [2.45, 2.75) is 26.2 Å². The molecule has 0 saturated heterocycles. The number of allylic oxidation sites excluding steroid dienone is 3. The van der Waals surface area contributed by atoms with Crippen LogP contribution in [0.15, 0.2) is 24.3 Å². The molecule has 4 heteroatoms. The summed E-state index contributed by atoms with van der Waals surface area (Å²) < 4.78 is 4.40. The van der Waals surface area contributed by atoms with Gasteiger partial charge in [-0.1, -0.05) is 18.2 Å². The lowest BCUT2D eigenvalue weighted by Gasteiger charge is -2.12. The summed E-state index contributed by atoms with van der Waals surface area (Å²) in [5.41, 5.74) is 0. The molecule has 0 fully saturated rings. The highest BCUT2D eigenvalue weighted by Gasteiger charge is 2.13. The fourth-order valence-electron chi connectivity index (χ4n) is 0.502. The fourth-order valence-corrected chi connectivity index (χ4v) is 0.502. The zero-order valence-corrected chi connectivity index (χ0v) is 7.68. The topological polar surface area (TPSA) is 66.8 Å². The summed E-state index contributed by atoms with van der Waals surface area (Å²) in [6.07, 6.45) is 3.48. The molecule has 0 saturated carbocycles. The van der Waals surface area contributed by atoms with E-state index in [4.69, 9.17) is 10.2 Å². The van der Waals surface area contributed by atoms with Crippen molar-refractivity contribution < 1.29 is 19.7 Å². The van der Waals surface area contributed by atoms with Crippen LogP contribution in [-0.4, -0.2) is 28.6 Å². The third-order valence-corrected chi connectivity index (χ3v) is 1.19. The predicted molar refractivity (Wildman–Crippen MR) is 47.7 cm³/mol. The molecule has 74 valence electrons. The molecule has 2 N–H and O–H groups in total. The van der Waals surface area contributed by atoms with Gasteiger partial charge < -0.3 is 14.9 Å². The summed E-state index contributed by atoms with van der Waals surface area (Å²) >= 11 is 0. The Bertz CT molecular complexity index is 206. The molecule has 2 atom stereocenters. The summed E-state index contributed by atoms with van der Waals surface area (Å²) in [4.78, 5) is 10.8. The first-order valence-electron chi connectivity index (χ1n) is 3.94. The Morgan fingerprint density at radius 1 is 1.38 bits per heavy atom. The van der Waals surface area contributed by atoms with Gasteiger partial charge in [0.05, 0.1) is 0 Å². The zero-order chi connectivity index (χ0) is 10.3. The minimum absolute atomic E-state index is 0.688. The third kappa shape index (κ3) is 6.07. The van der Waals surface area contributed by atoms with Crippen LogP contribution in [0.4, 0.5) is 0 Å². The Morgan fingerprint density at radius 2 is 2.00 bits per heavy atom. The maximum atomic E-state index is 10.8. The second kappa shape index (κ2) is 6.39. The first-order valence-corrected chi connectivity index (χ1v) is 3.94. The number of hydrogen-bond donors (Lipinski definition) is 2. The zero-order valence-electron chi connectivity index (χ0n) is 7.68. The lowest BCUT2D eigenvalue weighted by Crippen LogP contribution is -2.27. The molecule has 0 aromatic heterocycles. The van der Waals surface area contributed by atoms with Crippen LogP contribution in [0.25, 0.3) is 0 Å². The Labute approximate surface area is 77.1 Å². The SMILES string of the molecule is C/C=C/C=C/C(=O)OC(O)C(C)O. The van der Waals surface area contributed by atoms with Crippen LogP contribution in [-0.2, 0) is 9.53 Å². The van der Waals surface area contributed by atoms with Crippen molar-refractivity contribution in [2.75, 3.05) is 0 Å². The van der Waals surface area contributed by atoms with Gasteiger partial charge >= 0.3 is 5.97 Å². The molecule has 0 aromatic carbocycles. The van der Waals surface area contributed by atoms with E-state index >= 15 is 0 Å². The van der Waals surface area contributed by atoms with E-state index in [1.54, 1.807) is 19.1 Å². The van der Waals surface area contributed by atoms with Gasteiger partial charge in [0.2, 0.25) is 6.29 Å². The monoisotopic (exact) mass is 186 g/mol. The summed E-state index contributed by atoms with van der Waals surface area (Å²) in [6.45, 7) is 3.13. The van der Waals surface area contributed by atoms with Crippen molar-refractivity contribution in [2.24, 2.45) is 0 Å². The van der Waals surface area contributed by atoms with Gasteiger partial charge in [0.25, 0.3) is 0 Å². The first kappa shape index (κ1) is 11.9. The Hall–Kier alpha value is -1.13. The second-order valence-corrected chi connectivity index (χ2v) is 2.45. The van der Waals surface area contributed by atoms with Crippen molar-refractivity contribution in [3.63, 3.8) is 0 Å². The third-order valence-electron chi connectivity index (χ3n) is 1.19.